The number of aliphatic imine (C=N–C) groups is 1. The van der Waals surface area contributed by atoms with Crippen LogP contribution in [0.25, 0.3) is 6.08 Å². The molecule has 0 saturated carbocycles. The molecule has 27 heavy (non-hydrogen) atoms. The molecule has 1 saturated heterocycles. The van der Waals surface area contributed by atoms with Gasteiger partial charge in [-0.05, 0) is 63.6 Å². The molecule has 0 radical (unpaired) electrons. The zero-order valence-corrected chi connectivity index (χ0v) is 16.9. The fourth-order valence-electron chi connectivity index (χ4n) is 2.32. The van der Waals surface area contributed by atoms with Crippen molar-refractivity contribution in [2.24, 2.45) is 4.99 Å². The van der Waals surface area contributed by atoms with Crippen LogP contribution in [0.3, 0.4) is 0 Å². The molecule has 2 aromatic rings. The Balaban J connectivity index is 1.88. The number of amidine groups is 1. The quantitative estimate of drug-likeness (QED) is 0.430. The Morgan fingerprint density at radius 1 is 1.26 bits per heavy atom. The van der Waals surface area contributed by atoms with E-state index in [9.17, 15) is 9.59 Å². The molecule has 0 bridgehead atoms. The summed E-state index contributed by atoms with van der Waals surface area (Å²) in [6.07, 6.45) is 1.72. The van der Waals surface area contributed by atoms with E-state index in [1.165, 1.54) is 25.8 Å². The Morgan fingerprint density at radius 3 is 2.67 bits per heavy atom. The van der Waals surface area contributed by atoms with E-state index < -0.39 is 5.97 Å². The van der Waals surface area contributed by atoms with Crippen molar-refractivity contribution in [2.45, 2.75) is 6.92 Å². The number of hydrogen-bond acceptors (Lipinski definition) is 6. The van der Waals surface area contributed by atoms with Crippen LogP contribution in [0.1, 0.15) is 12.5 Å². The monoisotopic (exact) mass is 446 g/mol. The number of rotatable bonds is 4. The lowest BCUT2D eigenvalue weighted by atomic mass is 10.2. The molecule has 8 heteroatoms. The molecule has 1 N–H and O–H groups in total. The maximum atomic E-state index is 12.2. The van der Waals surface area contributed by atoms with Crippen LogP contribution in [0.2, 0.25) is 0 Å². The van der Waals surface area contributed by atoms with Gasteiger partial charge in [0.1, 0.15) is 0 Å². The number of halogens is 1. The highest BCUT2D eigenvalue weighted by atomic mass is 79.9. The highest BCUT2D eigenvalue weighted by Gasteiger charge is 2.24. The number of hydrogen-bond donors (Lipinski definition) is 1. The molecule has 2 aromatic carbocycles. The van der Waals surface area contributed by atoms with E-state index in [4.69, 9.17) is 9.47 Å². The smallest absolute Gasteiger partial charge is 0.308 e. The zero-order chi connectivity index (χ0) is 19.4. The predicted molar refractivity (Wildman–Crippen MR) is 109 cm³/mol. The number of carbonyl (C=O) groups is 2. The van der Waals surface area contributed by atoms with Gasteiger partial charge in [-0.1, -0.05) is 18.2 Å². The number of nitrogens with zero attached hydrogens (tertiary/aromatic N) is 1. The first-order chi connectivity index (χ1) is 13.0. The van der Waals surface area contributed by atoms with Crippen molar-refractivity contribution in [1.29, 1.82) is 0 Å². The second-order valence-corrected chi connectivity index (χ2v) is 7.33. The van der Waals surface area contributed by atoms with Crippen molar-refractivity contribution < 1.29 is 19.1 Å². The molecular weight excluding hydrogens is 432 g/mol. The van der Waals surface area contributed by atoms with Crippen molar-refractivity contribution in [3.63, 3.8) is 0 Å². The standard InChI is InChI=1S/C19H15BrN2O4S/c1-11(23)26-17-14(20)8-12(9-15(17)25-2)10-16-18(24)22-19(27-16)21-13-6-4-3-5-7-13/h3-10H,1-2H3,(H,21,22,24)/b16-10-. The van der Waals surface area contributed by atoms with Crippen LogP contribution in [-0.2, 0) is 9.59 Å². The van der Waals surface area contributed by atoms with Crippen LogP contribution in [0.5, 0.6) is 11.5 Å². The van der Waals surface area contributed by atoms with E-state index in [1.54, 1.807) is 18.2 Å². The molecule has 1 heterocycles. The Bertz CT molecular complexity index is 958. The molecule has 0 aliphatic carbocycles. The largest absolute Gasteiger partial charge is 0.493 e. The minimum atomic E-state index is -0.451. The summed E-state index contributed by atoms with van der Waals surface area (Å²) in [6.45, 7) is 1.31. The molecule has 0 aromatic heterocycles. The molecule has 138 valence electrons. The first kappa shape index (κ1) is 19.2. The third-order valence-electron chi connectivity index (χ3n) is 3.43. The van der Waals surface area contributed by atoms with Crippen LogP contribution in [0.15, 0.2) is 56.8 Å². The maximum absolute atomic E-state index is 12.2. The summed E-state index contributed by atoms with van der Waals surface area (Å²) in [4.78, 5) is 28.4. The summed E-state index contributed by atoms with van der Waals surface area (Å²) >= 11 is 4.62. The fraction of sp³-hybridized carbons (Fsp3) is 0.105. The Hall–Kier alpha value is -2.58. The number of ether oxygens (including phenoxy) is 2. The normalized spacial score (nSPS) is 16.5. The summed E-state index contributed by atoms with van der Waals surface area (Å²) in [7, 11) is 1.48. The van der Waals surface area contributed by atoms with Gasteiger partial charge < -0.3 is 14.8 Å². The second-order valence-electron chi connectivity index (χ2n) is 5.45. The van der Waals surface area contributed by atoms with Gasteiger partial charge in [-0.15, -0.1) is 0 Å². The zero-order valence-electron chi connectivity index (χ0n) is 14.5. The number of methoxy groups -OCH3 is 1. The van der Waals surface area contributed by atoms with Gasteiger partial charge in [-0.2, -0.15) is 0 Å². The summed E-state index contributed by atoms with van der Waals surface area (Å²) in [6, 6.07) is 12.8. The van der Waals surface area contributed by atoms with Gasteiger partial charge in [0.15, 0.2) is 16.7 Å². The van der Waals surface area contributed by atoms with Crippen LogP contribution in [0, 0.1) is 0 Å². The molecule has 0 atom stereocenters. The van der Waals surface area contributed by atoms with Gasteiger partial charge in [0.25, 0.3) is 5.91 Å². The number of para-hydroxylation sites is 1. The van der Waals surface area contributed by atoms with E-state index in [0.29, 0.717) is 31.6 Å². The summed E-state index contributed by atoms with van der Waals surface area (Å²) < 4.78 is 11.0. The van der Waals surface area contributed by atoms with Crippen LogP contribution >= 0.6 is 27.7 Å². The molecule has 1 aliphatic heterocycles. The lowest BCUT2D eigenvalue weighted by molar-refractivity contribution is -0.132. The van der Waals surface area contributed by atoms with Crippen molar-refractivity contribution >= 4 is 56.5 Å². The Labute approximate surface area is 168 Å². The summed E-state index contributed by atoms with van der Waals surface area (Å²) in [5.74, 6) is -0.00330. The van der Waals surface area contributed by atoms with Gasteiger partial charge in [0.2, 0.25) is 0 Å². The molecular formula is C19H15BrN2O4S. The van der Waals surface area contributed by atoms with Gasteiger partial charge in [-0.3, -0.25) is 9.59 Å². The molecule has 0 unspecified atom stereocenters. The number of thioether (sulfide) groups is 1. The van der Waals surface area contributed by atoms with E-state index in [1.807, 2.05) is 30.3 Å². The van der Waals surface area contributed by atoms with Crippen LogP contribution in [-0.4, -0.2) is 24.2 Å². The van der Waals surface area contributed by atoms with E-state index >= 15 is 0 Å². The minimum absolute atomic E-state index is 0.228. The van der Waals surface area contributed by atoms with E-state index in [0.717, 1.165) is 5.69 Å². The minimum Gasteiger partial charge on any atom is -0.493 e. The van der Waals surface area contributed by atoms with Gasteiger partial charge in [-0.25, -0.2) is 4.99 Å². The second kappa shape index (κ2) is 8.41. The Morgan fingerprint density at radius 2 is 2.00 bits per heavy atom. The number of esters is 1. The highest BCUT2D eigenvalue weighted by Crippen LogP contribution is 2.38. The lowest BCUT2D eigenvalue weighted by Gasteiger charge is -2.11. The fourth-order valence-corrected chi connectivity index (χ4v) is 3.70. The van der Waals surface area contributed by atoms with Crippen molar-refractivity contribution in [2.75, 3.05) is 7.11 Å². The highest BCUT2D eigenvalue weighted by molar-refractivity contribution is 9.10. The number of benzene rings is 2. The lowest BCUT2D eigenvalue weighted by Crippen LogP contribution is -2.19. The Kier molecular flexibility index (Phi) is 5.98. The topological polar surface area (TPSA) is 77.0 Å². The average molecular weight is 447 g/mol. The van der Waals surface area contributed by atoms with E-state index in [-0.39, 0.29) is 5.91 Å². The molecule has 0 spiro atoms. The third kappa shape index (κ3) is 4.78. The van der Waals surface area contributed by atoms with Crippen molar-refractivity contribution in [3.8, 4) is 11.5 Å². The van der Waals surface area contributed by atoms with Crippen LogP contribution in [0.4, 0.5) is 5.69 Å². The first-order valence-corrected chi connectivity index (χ1v) is 9.48. The van der Waals surface area contributed by atoms with E-state index in [2.05, 4.69) is 26.2 Å². The van der Waals surface area contributed by atoms with Gasteiger partial charge >= 0.3 is 5.97 Å². The van der Waals surface area contributed by atoms with Crippen molar-refractivity contribution in [3.05, 3.63) is 57.4 Å². The van der Waals surface area contributed by atoms with Gasteiger partial charge in [0, 0.05) is 6.92 Å². The maximum Gasteiger partial charge on any atom is 0.308 e. The summed E-state index contributed by atoms with van der Waals surface area (Å²) in [5, 5.41) is 3.26. The molecule has 1 fully saturated rings. The number of carbonyl (C=O) groups excluding carboxylic acids is 2. The number of nitrogens with one attached hydrogen (secondary N) is 1. The van der Waals surface area contributed by atoms with Crippen molar-refractivity contribution in [1.82, 2.24) is 5.32 Å². The molecule has 1 amide bonds. The molecule has 6 nitrogen and oxygen atoms in total. The summed E-state index contributed by atoms with van der Waals surface area (Å²) in [5.41, 5.74) is 1.48. The number of amides is 1. The SMILES string of the molecule is COc1cc(/C=C2\SC(=Nc3ccccc3)NC2=O)cc(Br)c1OC(C)=O. The predicted octanol–water partition coefficient (Wildman–Crippen LogP) is 4.27. The van der Waals surface area contributed by atoms with Crippen LogP contribution < -0.4 is 14.8 Å². The molecule has 1 aliphatic rings. The molecule has 3 rings (SSSR count). The van der Waals surface area contributed by atoms with Gasteiger partial charge in [0.05, 0.1) is 22.2 Å². The third-order valence-corrected chi connectivity index (χ3v) is 4.93. The average Bonchev–Trinajstić information content (AvgIpc) is 2.96. The first-order valence-electron chi connectivity index (χ1n) is 7.87.